The normalized spacial score (nSPS) is 31.1. The number of terminal acetylenes is 1. The van der Waals surface area contributed by atoms with E-state index in [1.807, 2.05) is 0 Å². The van der Waals surface area contributed by atoms with Crippen molar-refractivity contribution in [3.05, 3.63) is 0 Å². The van der Waals surface area contributed by atoms with Crippen molar-refractivity contribution >= 4 is 0 Å². The van der Waals surface area contributed by atoms with Crippen molar-refractivity contribution in [3.63, 3.8) is 0 Å². The Hall–Kier alpha value is -0.520. The molecule has 2 fully saturated rings. The van der Waals surface area contributed by atoms with E-state index in [4.69, 9.17) is 11.2 Å². The average molecular weight is 249 g/mol. The zero-order chi connectivity index (χ0) is 12.8. The molecule has 0 radical (unpaired) electrons. The smallest absolute Gasteiger partial charge is 0.107 e. The molecule has 0 spiro atoms. The van der Waals surface area contributed by atoms with E-state index < -0.39 is 0 Å². The Morgan fingerprint density at radius 1 is 1.11 bits per heavy atom. The Morgan fingerprint density at radius 2 is 1.78 bits per heavy atom. The van der Waals surface area contributed by atoms with Crippen molar-refractivity contribution < 1.29 is 4.74 Å². The molecule has 2 aliphatic rings. The predicted octanol–water partition coefficient (Wildman–Crippen LogP) is 2.93. The van der Waals surface area contributed by atoms with Gasteiger partial charge in [-0.15, -0.1) is 6.42 Å². The summed E-state index contributed by atoms with van der Waals surface area (Å²) >= 11 is 0. The average Bonchev–Trinajstić information content (AvgIpc) is 2.41. The minimum Gasteiger partial charge on any atom is -0.365 e. The first-order valence-corrected chi connectivity index (χ1v) is 7.55. The second-order valence-electron chi connectivity index (χ2n) is 6.14. The van der Waals surface area contributed by atoms with Crippen LogP contribution in [-0.2, 0) is 4.74 Å². The van der Waals surface area contributed by atoms with E-state index in [-0.39, 0.29) is 0 Å². The van der Waals surface area contributed by atoms with E-state index in [2.05, 4.69) is 17.7 Å². The molecule has 1 saturated heterocycles. The summed E-state index contributed by atoms with van der Waals surface area (Å²) in [5.74, 6) is 4.47. The van der Waals surface area contributed by atoms with Gasteiger partial charge < -0.3 is 9.64 Å². The summed E-state index contributed by atoms with van der Waals surface area (Å²) in [6, 6.07) is 0. The summed E-state index contributed by atoms with van der Waals surface area (Å²) in [5.41, 5.74) is 0. The summed E-state index contributed by atoms with van der Waals surface area (Å²) in [6.45, 7) is 6.58. The van der Waals surface area contributed by atoms with Crippen LogP contribution in [0.5, 0.6) is 0 Å². The lowest BCUT2D eigenvalue weighted by molar-refractivity contribution is 0.0188. The van der Waals surface area contributed by atoms with Crippen molar-refractivity contribution in [3.8, 4) is 12.3 Å². The number of ether oxygens (including phenoxy) is 1. The van der Waals surface area contributed by atoms with Crippen molar-refractivity contribution in [2.24, 2.45) is 11.8 Å². The fourth-order valence-electron chi connectivity index (χ4n) is 3.30. The van der Waals surface area contributed by atoms with Crippen LogP contribution in [0.15, 0.2) is 0 Å². The highest BCUT2D eigenvalue weighted by Crippen LogP contribution is 2.29. The molecule has 0 aromatic heterocycles. The third-order valence-corrected chi connectivity index (χ3v) is 4.59. The first kappa shape index (κ1) is 13.9. The first-order valence-electron chi connectivity index (χ1n) is 7.55. The van der Waals surface area contributed by atoms with E-state index in [1.165, 1.54) is 45.3 Å². The third kappa shape index (κ3) is 4.30. The van der Waals surface area contributed by atoms with Crippen LogP contribution in [0.1, 0.15) is 45.4 Å². The second kappa shape index (κ2) is 7.16. The third-order valence-electron chi connectivity index (χ3n) is 4.59. The van der Waals surface area contributed by atoms with E-state index in [1.54, 1.807) is 0 Å². The zero-order valence-electron chi connectivity index (χ0n) is 11.7. The number of piperidine rings is 1. The van der Waals surface area contributed by atoms with Crippen molar-refractivity contribution in [2.75, 3.05) is 26.2 Å². The molecule has 0 unspecified atom stereocenters. The maximum atomic E-state index is 5.62. The Bertz CT molecular complexity index is 267. The molecule has 1 aliphatic heterocycles. The van der Waals surface area contributed by atoms with E-state index in [0.29, 0.717) is 12.7 Å². The van der Waals surface area contributed by atoms with Gasteiger partial charge in [-0.25, -0.2) is 0 Å². The molecule has 0 N–H and O–H groups in total. The lowest BCUT2D eigenvalue weighted by Crippen LogP contribution is -2.40. The molecule has 0 amide bonds. The van der Waals surface area contributed by atoms with Crippen molar-refractivity contribution in [2.45, 2.75) is 51.6 Å². The standard InChI is InChI=1S/C16H27NO/c1-3-12-18-16-8-10-17(11-9-16)13-15-6-4-14(2)5-7-15/h1,14-16H,4-13H2,2H3. The number of nitrogens with zero attached hydrogens (tertiary/aromatic N) is 1. The summed E-state index contributed by atoms with van der Waals surface area (Å²) in [7, 11) is 0. The van der Waals surface area contributed by atoms with E-state index in [9.17, 15) is 0 Å². The molecule has 2 nitrogen and oxygen atoms in total. The van der Waals surface area contributed by atoms with Gasteiger partial charge in [-0.05, 0) is 37.5 Å². The molecule has 2 rings (SSSR count). The first-order chi connectivity index (χ1) is 8.78. The van der Waals surface area contributed by atoms with Gasteiger partial charge in [0.1, 0.15) is 6.61 Å². The monoisotopic (exact) mass is 249 g/mol. The Morgan fingerprint density at radius 3 is 2.39 bits per heavy atom. The Kier molecular flexibility index (Phi) is 5.53. The number of hydrogen-bond donors (Lipinski definition) is 0. The second-order valence-corrected chi connectivity index (χ2v) is 6.14. The molecule has 0 bridgehead atoms. The van der Waals surface area contributed by atoms with Crippen LogP contribution in [0.25, 0.3) is 0 Å². The lowest BCUT2D eigenvalue weighted by Gasteiger charge is -2.36. The maximum absolute atomic E-state index is 5.62. The zero-order valence-corrected chi connectivity index (χ0v) is 11.7. The van der Waals surface area contributed by atoms with Gasteiger partial charge in [0.25, 0.3) is 0 Å². The molecule has 102 valence electrons. The van der Waals surface area contributed by atoms with Gasteiger partial charge in [0.2, 0.25) is 0 Å². The molecule has 2 heteroatoms. The quantitative estimate of drug-likeness (QED) is 0.710. The van der Waals surface area contributed by atoms with Crippen LogP contribution in [-0.4, -0.2) is 37.2 Å². The summed E-state index contributed by atoms with van der Waals surface area (Å²) < 4.78 is 5.62. The molecular weight excluding hydrogens is 222 g/mol. The molecule has 1 heterocycles. The van der Waals surface area contributed by atoms with E-state index in [0.717, 1.165) is 24.7 Å². The van der Waals surface area contributed by atoms with Crippen LogP contribution < -0.4 is 0 Å². The Labute approximate surface area is 112 Å². The minimum absolute atomic E-state index is 0.406. The van der Waals surface area contributed by atoms with Crippen LogP contribution in [0.4, 0.5) is 0 Å². The molecule has 1 aliphatic carbocycles. The van der Waals surface area contributed by atoms with Crippen LogP contribution in [0, 0.1) is 24.2 Å². The molecule has 0 aromatic rings. The highest BCUT2D eigenvalue weighted by Gasteiger charge is 2.24. The highest BCUT2D eigenvalue weighted by atomic mass is 16.5. The molecule has 0 atom stereocenters. The molecule has 0 aromatic carbocycles. The highest BCUT2D eigenvalue weighted by molar-refractivity contribution is 4.84. The van der Waals surface area contributed by atoms with Gasteiger partial charge in [-0.3, -0.25) is 0 Å². The largest absolute Gasteiger partial charge is 0.365 e. The number of rotatable bonds is 4. The molecular formula is C16H27NO. The predicted molar refractivity (Wildman–Crippen MR) is 75.4 cm³/mol. The number of likely N-dealkylation sites (tertiary alicyclic amines) is 1. The summed E-state index contributed by atoms with van der Waals surface area (Å²) in [4.78, 5) is 2.64. The van der Waals surface area contributed by atoms with Crippen LogP contribution in [0.3, 0.4) is 0 Å². The lowest BCUT2D eigenvalue weighted by atomic mass is 9.82. The fourth-order valence-corrected chi connectivity index (χ4v) is 3.30. The molecule has 18 heavy (non-hydrogen) atoms. The van der Waals surface area contributed by atoms with Gasteiger partial charge in [0.15, 0.2) is 0 Å². The Balaban J connectivity index is 1.63. The maximum Gasteiger partial charge on any atom is 0.107 e. The SMILES string of the molecule is C#CCOC1CCN(CC2CCC(C)CC2)CC1. The van der Waals surface area contributed by atoms with Crippen molar-refractivity contribution in [1.82, 2.24) is 4.90 Å². The molecule has 1 saturated carbocycles. The van der Waals surface area contributed by atoms with Gasteiger partial charge >= 0.3 is 0 Å². The van der Waals surface area contributed by atoms with Gasteiger partial charge in [-0.1, -0.05) is 25.7 Å². The van der Waals surface area contributed by atoms with Crippen LogP contribution in [0.2, 0.25) is 0 Å². The van der Waals surface area contributed by atoms with E-state index >= 15 is 0 Å². The van der Waals surface area contributed by atoms with Crippen LogP contribution >= 0.6 is 0 Å². The topological polar surface area (TPSA) is 12.5 Å². The number of hydrogen-bond acceptors (Lipinski definition) is 2. The van der Waals surface area contributed by atoms with Crippen molar-refractivity contribution in [1.29, 1.82) is 0 Å². The summed E-state index contributed by atoms with van der Waals surface area (Å²) in [6.07, 6.45) is 13.7. The fraction of sp³-hybridized carbons (Fsp3) is 0.875. The summed E-state index contributed by atoms with van der Waals surface area (Å²) in [5, 5.41) is 0. The van der Waals surface area contributed by atoms with Gasteiger partial charge in [0, 0.05) is 19.6 Å². The van der Waals surface area contributed by atoms with Gasteiger partial charge in [-0.2, -0.15) is 0 Å². The minimum atomic E-state index is 0.406. The van der Waals surface area contributed by atoms with Gasteiger partial charge in [0.05, 0.1) is 6.10 Å².